The van der Waals surface area contributed by atoms with Crippen molar-refractivity contribution in [3.63, 3.8) is 0 Å². The van der Waals surface area contributed by atoms with E-state index in [1.54, 1.807) is 13.2 Å². The first-order valence-electron chi connectivity index (χ1n) is 16.5. The number of hydrogen-bond acceptors (Lipinski definition) is 10. The van der Waals surface area contributed by atoms with Gasteiger partial charge in [-0.3, -0.25) is 4.99 Å². The maximum absolute atomic E-state index is 12.6. The first kappa shape index (κ1) is 31.6. The molecule has 2 heterocycles. The molecule has 0 aromatic carbocycles. The van der Waals surface area contributed by atoms with Gasteiger partial charge in [-0.15, -0.1) is 0 Å². The zero-order valence-electron chi connectivity index (χ0n) is 26.0. The Hall–Kier alpha value is -1.40. The van der Waals surface area contributed by atoms with Crippen molar-refractivity contribution in [2.24, 2.45) is 33.6 Å². The summed E-state index contributed by atoms with van der Waals surface area (Å²) in [5.74, 6) is -0.125. The summed E-state index contributed by atoms with van der Waals surface area (Å²) in [5.41, 5.74) is -1.93. The Balaban J connectivity index is 1.26. The summed E-state index contributed by atoms with van der Waals surface area (Å²) in [6.45, 7) is 4.90. The van der Waals surface area contributed by atoms with Crippen molar-refractivity contribution < 1.29 is 44.2 Å². The Morgan fingerprint density at radius 3 is 2.63 bits per heavy atom. The number of hydrogen-bond donors (Lipinski definition) is 4. The van der Waals surface area contributed by atoms with E-state index in [1.807, 2.05) is 13.1 Å². The third-order valence-electron chi connectivity index (χ3n) is 12.7. The summed E-state index contributed by atoms with van der Waals surface area (Å²) in [6.07, 6.45) is 8.64. The molecule has 2 aliphatic heterocycles. The van der Waals surface area contributed by atoms with E-state index < -0.39 is 35.1 Å². The second kappa shape index (κ2) is 11.8. The van der Waals surface area contributed by atoms with Crippen LogP contribution in [0.25, 0.3) is 0 Å². The first-order chi connectivity index (χ1) is 20.5. The molecule has 6 rings (SSSR count). The van der Waals surface area contributed by atoms with Gasteiger partial charge in [0.1, 0.15) is 12.7 Å². The number of aliphatic imine (C=N–C) groups is 1. The Morgan fingerprint density at radius 2 is 1.91 bits per heavy atom. The average Bonchev–Trinajstić information content (AvgIpc) is 3.52. The highest BCUT2D eigenvalue weighted by Gasteiger charge is 2.71. The number of esters is 1. The number of carbonyl (C=O) groups excluding carboxylic acids is 1. The lowest BCUT2D eigenvalue weighted by atomic mass is 9.41. The van der Waals surface area contributed by atoms with E-state index in [9.17, 15) is 25.2 Å². The molecular weight excluding hydrogens is 554 g/mol. The Kier molecular flexibility index (Phi) is 8.63. The molecule has 10 heteroatoms. The van der Waals surface area contributed by atoms with Gasteiger partial charge in [0.15, 0.2) is 6.29 Å². The fourth-order valence-electron chi connectivity index (χ4n) is 10.4. The summed E-state index contributed by atoms with van der Waals surface area (Å²) in [7, 11) is 1.59. The van der Waals surface area contributed by atoms with Crippen LogP contribution in [0.3, 0.4) is 0 Å². The molecule has 0 aromatic rings. The summed E-state index contributed by atoms with van der Waals surface area (Å²) in [4.78, 5) is 16.7. The summed E-state index contributed by atoms with van der Waals surface area (Å²) in [6, 6.07) is 0. The SMILES string of the molecule is CO[C@@H]1C[C@H](O[C@@H]2CC[C@]3(C=NCCCO)[C@H]4CC[C@]5(C)[C@H](C6=CC(=O)OC6)CC[C@]5(O)[C@@H]4CC[C@]3(O)C2)O[C@@H](C)[C@H]1O. The smallest absolute Gasteiger partial charge is 0.331 e. The van der Waals surface area contributed by atoms with Crippen LogP contribution in [0.1, 0.15) is 84.5 Å². The zero-order valence-corrected chi connectivity index (χ0v) is 26.0. The molecule has 0 amide bonds. The van der Waals surface area contributed by atoms with Gasteiger partial charge in [-0.25, -0.2) is 4.79 Å². The van der Waals surface area contributed by atoms with Gasteiger partial charge in [0.25, 0.3) is 0 Å². The van der Waals surface area contributed by atoms with Crippen molar-refractivity contribution >= 4 is 12.2 Å². The molecule has 4 aliphatic carbocycles. The van der Waals surface area contributed by atoms with E-state index in [4.69, 9.17) is 23.9 Å². The van der Waals surface area contributed by atoms with Gasteiger partial charge in [0.2, 0.25) is 0 Å². The van der Waals surface area contributed by atoms with Crippen LogP contribution in [0.4, 0.5) is 0 Å². The van der Waals surface area contributed by atoms with Crippen molar-refractivity contribution in [1.82, 2.24) is 0 Å². The molecule has 1 saturated heterocycles. The molecule has 12 atom stereocenters. The predicted octanol–water partition coefficient (Wildman–Crippen LogP) is 2.69. The minimum atomic E-state index is -1.06. The van der Waals surface area contributed by atoms with Crippen molar-refractivity contribution in [3.05, 3.63) is 11.6 Å². The molecule has 4 N–H and O–H groups in total. The van der Waals surface area contributed by atoms with Crippen LogP contribution >= 0.6 is 0 Å². The molecule has 5 fully saturated rings. The van der Waals surface area contributed by atoms with Gasteiger partial charge in [-0.1, -0.05) is 6.92 Å². The molecule has 0 unspecified atom stereocenters. The highest BCUT2D eigenvalue weighted by Crippen LogP contribution is 2.70. The van der Waals surface area contributed by atoms with E-state index in [2.05, 4.69) is 6.92 Å². The Morgan fingerprint density at radius 1 is 1.12 bits per heavy atom. The third kappa shape index (κ3) is 5.04. The fourth-order valence-corrected chi connectivity index (χ4v) is 10.4. The number of methoxy groups -OCH3 is 1. The van der Waals surface area contributed by atoms with Crippen LogP contribution in [0, 0.1) is 28.6 Å². The maximum Gasteiger partial charge on any atom is 0.331 e. The maximum atomic E-state index is 12.6. The highest BCUT2D eigenvalue weighted by atomic mass is 16.7. The monoisotopic (exact) mass is 605 g/mol. The normalized spacial score (nSPS) is 49.7. The van der Waals surface area contributed by atoms with Crippen molar-refractivity contribution in [1.29, 1.82) is 0 Å². The lowest BCUT2D eigenvalue weighted by Crippen LogP contribution is -2.69. The molecule has 4 saturated carbocycles. The molecule has 43 heavy (non-hydrogen) atoms. The van der Waals surface area contributed by atoms with Crippen LogP contribution < -0.4 is 0 Å². The number of aliphatic hydroxyl groups is 4. The Bertz CT molecular complexity index is 1110. The van der Waals surface area contributed by atoms with Crippen molar-refractivity contribution in [3.8, 4) is 0 Å². The van der Waals surface area contributed by atoms with Gasteiger partial charge in [0, 0.05) is 56.2 Å². The minimum absolute atomic E-state index is 0.00313. The number of nitrogens with zero attached hydrogens (tertiary/aromatic N) is 1. The summed E-state index contributed by atoms with van der Waals surface area (Å²) < 4.78 is 23.2. The molecule has 10 nitrogen and oxygen atoms in total. The quantitative estimate of drug-likeness (QED) is 0.142. The van der Waals surface area contributed by atoms with E-state index in [1.165, 1.54) is 0 Å². The molecule has 242 valence electrons. The number of aliphatic hydroxyl groups excluding tert-OH is 2. The number of cyclic esters (lactones) is 1. The Labute approximate surface area is 254 Å². The lowest BCUT2D eigenvalue weighted by molar-refractivity contribution is -0.284. The molecule has 0 radical (unpaired) electrons. The zero-order chi connectivity index (χ0) is 30.6. The van der Waals surface area contributed by atoms with E-state index >= 15 is 0 Å². The van der Waals surface area contributed by atoms with Gasteiger partial charge >= 0.3 is 5.97 Å². The second-order valence-corrected chi connectivity index (χ2v) is 14.5. The molecular formula is C33H51NO9. The van der Waals surface area contributed by atoms with E-state index in [0.717, 1.165) is 31.3 Å². The van der Waals surface area contributed by atoms with Gasteiger partial charge in [-0.05, 0) is 88.0 Å². The molecule has 6 aliphatic rings. The van der Waals surface area contributed by atoms with Gasteiger partial charge in [0.05, 0.1) is 29.5 Å². The number of fused-ring (bicyclic) bond motifs is 5. The average molecular weight is 606 g/mol. The topological polar surface area (TPSA) is 147 Å². The number of rotatable bonds is 8. The van der Waals surface area contributed by atoms with Gasteiger partial charge < -0.3 is 39.4 Å². The first-order valence-corrected chi connectivity index (χ1v) is 16.5. The number of carbonyl (C=O) groups is 1. The van der Waals surface area contributed by atoms with Crippen molar-refractivity contribution in [2.75, 3.05) is 26.9 Å². The molecule has 0 spiro atoms. The van der Waals surface area contributed by atoms with Crippen LogP contribution in [-0.4, -0.2) is 101 Å². The molecule has 0 bridgehead atoms. The summed E-state index contributed by atoms with van der Waals surface area (Å²) in [5, 5.41) is 45.0. The minimum Gasteiger partial charge on any atom is -0.458 e. The second-order valence-electron chi connectivity index (χ2n) is 14.5. The van der Waals surface area contributed by atoms with Crippen LogP contribution in [0.15, 0.2) is 16.6 Å². The molecule has 0 aromatic heterocycles. The van der Waals surface area contributed by atoms with E-state index in [0.29, 0.717) is 58.1 Å². The van der Waals surface area contributed by atoms with Crippen LogP contribution in [0.2, 0.25) is 0 Å². The lowest BCUT2D eigenvalue weighted by Gasteiger charge is -2.66. The van der Waals surface area contributed by atoms with Gasteiger partial charge in [-0.2, -0.15) is 0 Å². The standard InChI is InChI=1S/C33H51NO9/c1-20-29(37)26(40-3)16-28(42-20)43-22-5-10-31(19-34-13-4-14-35)24-6-9-30(2)23(21-15-27(36)41-18-21)8-12-33(30,39)25(24)7-11-32(31,38)17-22/h15,19-20,22-26,28-29,35,37-39H,4-14,16-18H2,1-3H3/t20-,22+,23-,24-,25+,26+,28-,29+,30+,31-,32-,33-/m0/s1. The highest BCUT2D eigenvalue weighted by molar-refractivity contribution is 5.85. The van der Waals surface area contributed by atoms with Crippen molar-refractivity contribution in [2.45, 2.75) is 126 Å². The fraction of sp³-hybridized carbons (Fsp3) is 0.879. The number of ether oxygens (including phenoxy) is 4. The van der Waals surface area contributed by atoms with Crippen LogP contribution in [0.5, 0.6) is 0 Å². The summed E-state index contributed by atoms with van der Waals surface area (Å²) >= 11 is 0. The van der Waals surface area contributed by atoms with E-state index in [-0.39, 0.29) is 48.0 Å². The largest absolute Gasteiger partial charge is 0.458 e. The predicted molar refractivity (Wildman–Crippen MR) is 157 cm³/mol. The van der Waals surface area contributed by atoms with Crippen LogP contribution in [-0.2, 0) is 23.7 Å². The third-order valence-corrected chi connectivity index (χ3v) is 12.7.